The predicted molar refractivity (Wildman–Crippen MR) is 85.4 cm³/mol. The summed E-state index contributed by atoms with van der Waals surface area (Å²) in [5, 5.41) is 0. The van der Waals surface area contributed by atoms with Crippen molar-refractivity contribution in [3.63, 3.8) is 0 Å². The summed E-state index contributed by atoms with van der Waals surface area (Å²) in [6.07, 6.45) is 0. The van der Waals surface area contributed by atoms with Crippen LogP contribution < -0.4 is 9.50 Å². The number of rotatable bonds is 2. The Morgan fingerprint density at radius 1 is 0.684 bits per heavy atom. The molecule has 2 nitrogen and oxygen atoms in total. The van der Waals surface area contributed by atoms with Gasteiger partial charge in [0.1, 0.15) is 0 Å². The highest BCUT2D eigenvalue weighted by Gasteiger charge is 1.98. The molecule has 4 rings (SSSR count). The number of hydrogen-bond donors (Lipinski definition) is 0. The molecule has 2 heterocycles. The second-order valence-electron chi connectivity index (χ2n) is 4.04. The van der Waals surface area contributed by atoms with Gasteiger partial charge >= 0.3 is 0 Å². The molecule has 0 unspecified atom stereocenters. The molecule has 2 aromatic heterocycles. The van der Waals surface area contributed by atoms with Gasteiger partial charge in [-0.05, 0) is 24.3 Å². The van der Waals surface area contributed by atoms with Crippen LogP contribution >= 0.6 is 31.3 Å². The second kappa shape index (κ2) is 4.64. The van der Waals surface area contributed by atoms with Crippen LogP contribution in [0.4, 0.5) is 0 Å². The topological polar surface area (TPSA) is 25.8 Å². The SMILES string of the molecule is c1ccc2sc([P-]c3nc4ccccc4s3)nc2c1. The van der Waals surface area contributed by atoms with Crippen molar-refractivity contribution in [1.29, 1.82) is 0 Å². The van der Waals surface area contributed by atoms with Crippen LogP contribution in [-0.4, -0.2) is 9.97 Å². The first-order chi connectivity index (χ1) is 9.38. The smallest absolute Gasteiger partial charge is 0.0783 e. The van der Waals surface area contributed by atoms with E-state index in [1.165, 1.54) is 9.40 Å². The number of nitrogens with zero attached hydrogens (tertiary/aromatic N) is 2. The molecule has 19 heavy (non-hydrogen) atoms. The Morgan fingerprint density at radius 2 is 1.16 bits per heavy atom. The molecule has 0 fully saturated rings. The molecule has 2 aromatic carbocycles. The number of benzene rings is 2. The molecule has 0 aliphatic heterocycles. The maximum atomic E-state index is 4.65. The summed E-state index contributed by atoms with van der Waals surface area (Å²) >= 11 is 3.49. The Morgan fingerprint density at radius 3 is 1.63 bits per heavy atom. The summed E-state index contributed by atoms with van der Waals surface area (Å²) in [5.74, 6) is 0. The third kappa shape index (κ3) is 2.16. The monoisotopic (exact) mass is 299 g/mol. The molecule has 0 amide bonds. The minimum atomic E-state index is 1.08. The van der Waals surface area contributed by atoms with Crippen molar-refractivity contribution < 1.29 is 0 Å². The van der Waals surface area contributed by atoms with Gasteiger partial charge < -0.3 is 8.58 Å². The van der Waals surface area contributed by atoms with Crippen molar-refractivity contribution in [3.8, 4) is 0 Å². The lowest BCUT2D eigenvalue weighted by atomic mass is 10.3. The van der Waals surface area contributed by atoms with Crippen LogP contribution in [0, 0.1) is 0 Å². The van der Waals surface area contributed by atoms with Crippen LogP contribution in [0.25, 0.3) is 20.4 Å². The van der Waals surface area contributed by atoms with Crippen LogP contribution in [0.15, 0.2) is 48.5 Å². The van der Waals surface area contributed by atoms with E-state index in [0.717, 1.165) is 29.1 Å². The Bertz CT molecular complexity index is 728. The van der Waals surface area contributed by atoms with Crippen molar-refractivity contribution in [2.45, 2.75) is 0 Å². The van der Waals surface area contributed by atoms with Gasteiger partial charge in [0.2, 0.25) is 0 Å². The van der Waals surface area contributed by atoms with Crippen LogP contribution in [0.3, 0.4) is 0 Å². The fourth-order valence-corrected chi connectivity index (χ4v) is 5.44. The second-order valence-corrected chi connectivity index (χ2v) is 7.78. The normalized spacial score (nSPS) is 11.4. The fraction of sp³-hybridized carbons (Fsp3) is 0. The Kier molecular flexibility index (Phi) is 2.80. The van der Waals surface area contributed by atoms with Crippen LogP contribution in [0.1, 0.15) is 0 Å². The average Bonchev–Trinajstić information content (AvgIpc) is 3.00. The maximum Gasteiger partial charge on any atom is 0.0783 e. The third-order valence-electron chi connectivity index (χ3n) is 2.76. The Labute approximate surface area is 119 Å². The summed E-state index contributed by atoms with van der Waals surface area (Å²) < 4.78 is 4.71. The standard InChI is InChI=1S/C14H8N2PS2/c1-3-7-11-9(5-1)15-13(18-11)17-14-16-10-6-2-4-8-12(10)19-14/h1-8H/q-1. The summed E-state index contributed by atoms with van der Waals surface area (Å²) in [6.45, 7) is 0. The van der Waals surface area contributed by atoms with Crippen molar-refractivity contribution in [3.05, 3.63) is 48.5 Å². The third-order valence-corrected chi connectivity index (χ3v) is 6.11. The predicted octanol–water partition coefficient (Wildman–Crippen LogP) is 3.80. The number of para-hydroxylation sites is 2. The largest absolute Gasteiger partial charge is 0.407 e. The first-order valence-electron chi connectivity index (χ1n) is 5.81. The molecule has 0 radical (unpaired) electrons. The van der Waals surface area contributed by atoms with Gasteiger partial charge in [0.05, 0.1) is 20.4 Å². The summed E-state index contributed by atoms with van der Waals surface area (Å²) in [6, 6.07) is 16.5. The van der Waals surface area contributed by atoms with Gasteiger partial charge in [0.15, 0.2) is 0 Å². The summed E-state index contributed by atoms with van der Waals surface area (Å²) in [4.78, 5) is 9.30. The summed E-state index contributed by atoms with van der Waals surface area (Å²) in [7, 11) is 1.11. The molecule has 0 N–H and O–H groups in total. The van der Waals surface area contributed by atoms with Crippen LogP contribution in [0.5, 0.6) is 0 Å². The van der Waals surface area contributed by atoms with Crippen molar-refractivity contribution in [2.75, 3.05) is 0 Å². The van der Waals surface area contributed by atoms with E-state index in [0.29, 0.717) is 0 Å². The van der Waals surface area contributed by atoms with Gasteiger partial charge in [-0.15, -0.1) is 0 Å². The van der Waals surface area contributed by atoms with Gasteiger partial charge in [-0.1, -0.05) is 33.8 Å². The molecule has 0 aliphatic carbocycles. The minimum absolute atomic E-state index is 1.08. The van der Waals surface area contributed by atoms with E-state index in [4.69, 9.17) is 0 Å². The molecule has 0 bridgehead atoms. The van der Waals surface area contributed by atoms with Crippen LogP contribution in [-0.2, 0) is 0 Å². The molecule has 0 atom stereocenters. The zero-order chi connectivity index (χ0) is 12.7. The van der Waals surface area contributed by atoms with E-state index in [-0.39, 0.29) is 0 Å². The molecule has 0 saturated heterocycles. The Hall–Kier alpha value is -1.35. The molecule has 0 saturated carbocycles. The molecule has 0 spiro atoms. The lowest BCUT2D eigenvalue weighted by molar-refractivity contribution is 1.54. The van der Waals surface area contributed by atoms with Gasteiger partial charge in [0.25, 0.3) is 0 Å². The highest BCUT2D eigenvalue weighted by Crippen LogP contribution is 2.25. The highest BCUT2D eigenvalue weighted by molar-refractivity contribution is 7.69. The van der Waals surface area contributed by atoms with E-state index in [1.54, 1.807) is 22.7 Å². The van der Waals surface area contributed by atoms with Gasteiger partial charge in [-0.2, -0.15) is 22.7 Å². The first kappa shape index (κ1) is 11.5. The van der Waals surface area contributed by atoms with Crippen molar-refractivity contribution >= 4 is 61.2 Å². The van der Waals surface area contributed by atoms with Crippen LogP contribution in [0.2, 0.25) is 0 Å². The minimum Gasteiger partial charge on any atom is -0.407 e. The maximum absolute atomic E-state index is 4.65. The molecular formula is C14H8N2PS2-. The number of hydrogen-bond acceptors (Lipinski definition) is 4. The molecule has 0 aliphatic rings. The quantitative estimate of drug-likeness (QED) is 0.526. The van der Waals surface area contributed by atoms with Crippen molar-refractivity contribution in [2.24, 2.45) is 0 Å². The fourth-order valence-electron chi connectivity index (χ4n) is 1.90. The van der Waals surface area contributed by atoms with E-state index in [1.807, 2.05) is 12.1 Å². The Balaban J connectivity index is 1.73. The van der Waals surface area contributed by atoms with E-state index < -0.39 is 0 Å². The zero-order valence-electron chi connectivity index (χ0n) is 9.78. The van der Waals surface area contributed by atoms with E-state index in [2.05, 4.69) is 46.4 Å². The molecule has 4 aromatic rings. The number of aromatic nitrogens is 2. The highest BCUT2D eigenvalue weighted by atomic mass is 32.1. The van der Waals surface area contributed by atoms with Gasteiger partial charge in [0, 0.05) is 0 Å². The van der Waals surface area contributed by atoms with E-state index in [9.17, 15) is 0 Å². The molecular weight excluding hydrogens is 291 g/mol. The summed E-state index contributed by atoms with van der Waals surface area (Å²) in [5.41, 5.74) is 2.16. The number of fused-ring (bicyclic) bond motifs is 2. The molecule has 92 valence electrons. The first-order valence-corrected chi connectivity index (χ1v) is 8.34. The lowest BCUT2D eigenvalue weighted by Gasteiger charge is -2.08. The van der Waals surface area contributed by atoms with E-state index >= 15 is 0 Å². The molecule has 5 heteroatoms. The lowest BCUT2D eigenvalue weighted by Crippen LogP contribution is -2.00. The number of thiazole rings is 2. The zero-order valence-corrected chi connectivity index (χ0v) is 12.3. The van der Waals surface area contributed by atoms with Gasteiger partial charge in [-0.25, -0.2) is 0 Å². The average molecular weight is 299 g/mol. The van der Waals surface area contributed by atoms with Crippen molar-refractivity contribution in [1.82, 2.24) is 9.97 Å². The van der Waals surface area contributed by atoms with Gasteiger partial charge in [-0.3, -0.25) is 9.97 Å².